The fraction of sp³-hybridized carbons (Fsp3) is 0.455. The van der Waals surface area contributed by atoms with E-state index in [1.165, 1.54) is 0 Å². The molecule has 84 valence electrons. The molecule has 0 aliphatic heterocycles. The van der Waals surface area contributed by atoms with E-state index in [0.29, 0.717) is 10.8 Å². The second-order valence-corrected chi connectivity index (χ2v) is 3.86. The molecule has 0 amide bonds. The maximum atomic E-state index is 9.07. The Labute approximate surface area is 95.0 Å². The van der Waals surface area contributed by atoms with Gasteiger partial charge in [-0.05, 0) is 31.7 Å². The van der Waals surface area contributed by atoms with Crippen LogP contribution in [0.4, 0.5) is 0 Å². The highest BCUT2D eigenvalue weighted by atomic mass is 35.5. The van der Waals surface area contributed by atoms with Crippen LogP contribution in [0.5, 0.6) is 5.75 Å². The van der Waals surface area contributed by atoms with Crippen molar-refractivity contribution in [3.63, 3.8) is 0 Å². The largest absolute Gasteiger partial charge is 0.489 e. The van der Waals surface area contributed by atoms with E-state index in [-0.39, 0.29) is 6.61 Å². The van der Waals surface area contributed by atoms with E-state index in [1.807, 2.05) is 25.2 Å². The molecular weight excluding hydrogens is 214 g/mol. The van der Waals surface area contributed by atoms with E-state index in [1.54, 1.807) is 6.92 Å². The Hall–Kier alpha value is -0.770. The summed E-state index contributed by atoms with van der Waals surface area (Å²) in [5.74, 6) is 0.609. The van der Waals surface area contributed by atoms with Gasteiger partial charge in [-0.25, -0.2) is 0 Å². The van der Waals surface area contributed by atoms with Gasteiger partial charge < -0.3 is 15.2 Å². The molecule has 1 atom stereocenters. The highest BCUT2D eigenvalue weighted by Crippen LogP contribution is 2.25. The third-order valence-electron chi connectivity index (χ3n) is 1.86. The molecule has 15 heavy (non-hydrogen) atoms. The quantitative estimate of drug-likeness (QED) is 0.810. The fourth-order valence-corrected chi connectivity index (χ4v) is 1.44. The number of halogens is 1. The molecule has 0 spiro atoms. The smallest absolute Gasteiger partial charge is 0.138 e. The summed E-state index contributed by atoms with van der Waals surface area (Å²) in [7, 11) is 1.88. The molecule has 0 fully saturated rings. The molecule has 3 nitrogen and oxygen atoms in total. The van der Waals surface area contributed by atoms with Gasteiger partial charge in [0.25, 0.3) is 0 Å². The van der Waals surface area contributed by atoms with Gasteiger partial charge in [0.15, 0.2) is 0 Å². The van der Waals surface area contributed by atoms with Crippen LogP contribution in [0.2, 0.25) is 5.02 Å². The van der Waals surface area contributed by atoms with Crippen LogP contribution in [-0.2, 0) is 6.54 Å². The first-order valence-electron chi connectivity index (χ1n) is 4.87. The Kier molecular flexibility index (Phi) is 4.88. The molecule has 0 aliphatic rings. The van der Waals surface area contributed by atoms with Gasteiger partial charge in [0.05, 0.1) is 11.1 Å². The lowest BCUT2D eigenvalue weighted by Crippen LogP contribution is -2.13. The topological polar surface area (TPSA) is 41.5 Å². The van der Waals surface area contributed by atoms with Gasteiger partial charge in [-0.3, -0.25) is 0 Å². The maximum Gasteiger partial charge on any atom is 0.138 e. The van der Waals surface area contributed by atoms with Gasteiger partial charge in [-0.1, -0.05) is 17.7 Å². The van der Waals surface area contributed by atoms with Gasteiger partial charge in [0, 0.05) is 6.54 Å². The van der Waals surface area contributed by atoms with Crippen LogP contribution < -0.4 is 10.1 Å². The van der Waals surface area contributed by atoms with Gasteiger partial charge in [0.1, 0.15) is 12.4 Å². The van der Waals surface area contributed by atoms with E-state index in [2.05, 4.69) is 5.32 Å². The number of aliphatic hydroxyl groups excluding tert-OH is 1. The van der Waals surface area contributed by atoms with E-state index in [0.717, 1.165) is 12.1 Å². The van der Waals surface area contributed by atoms with Crippen LogP contribution in [0, 0.1) is 0 Å². The first-order chi connectivity index (χ1) is 7.13. The molecule has 0 saturated carbocycles. The van der Waals surface area contributed by atoms with Crippen LogP contribution in [-0.4, -0.2) is 24.9 Å². The van der Waals surface area contributed by atoms with Crippen molar-refractivity contribution in [3.8, 4) is 5.75 Å². The zero-order valence-corrected chi connectivity index (χ0v) is 9.71. The van der Waals surface area contributed by atoms with Crippen molar-refractivity contribution < 1.29 is 9.84 Å². The van der Waals surface area contributed by atoms with Crippen LogP contribution in [0.3, 0.4) is 0 Å². The monoisotopic (exact) mass is 229 g/mol. The Morgan fingerprint density at radius 1 is 1.53 bits per heavy atom. The predicted molar refractivity (Wildman–Crippen MR) is 61.4 cm³/mol. The highest BCUT2D eigenvalue weighted by Gasteiger charge is 2.04. The van der Waals surface area contributed by atoms with Crippen molar-refractivity contribution in [2.24, 2.45) is 0 Å². The lowest BCUT2D eigenvalue weighted by Gasteiger charge is -2.10. The molecule has 1 aromatic rings. The third-order valence-corrected chi connectivity index (χ3v) is 2.15. The number of ether oxygens (including phenoxy) is 1. The van der Waals surface area contributed by atoms with Crippen molar-refractivity contribution in [1.29, 1.82) is 0 Å². The van der Waals surface area contributed by atoms with Crippen molar-refractivity contribution in [2.45, 2.75) is 19.6 Å². The standard InChI is InChI=1S/C11H16ClNO2/c1-8(14)7-15-11-4-3-9(6-13-2)5-10(11)12/h3-5,8,13-14H,6-7H2,1-2H3. The number of hydrogen-bond donors (Lipinski definition) is 2. The molecule has 0 aliphatic carbocycles. The molecule has 0 aromatic heterocycles. The fourth-order valence-electron chi connectivity index (χ4n) is 1.19. The van der Waals surface area contributed by atoms with Crippen molar-refractivity contribution in [1.82, 2.24) is 5.32 Å². The van der Waals surface area contributed by atoms with Crippen LogP contribution >= 0.6 is 11.6 Å². The second kappa shape index (κ2) is 5.95. The van der Waals surface area contributed by atoms with Gasteiger partial charge in [-0.15, -0.1) is 0 Å². The number of rotatable bonds is 5. The average molecular weight is 230 g/mol. The normalized spacial score (nSPS) is 12.5. The average Bonchev–Trinajstić information content (AvgIpc) is 2.17. The molecule has 0 saturated heterocycles. The molecule has 0 heterocycles. The van der Waals surface area contributed by atoms with E-state index in [4.69, 9.17) is 21.4 Å². The highest BCUT2D eigenvalue weighted by molar-refractivity contribution is 6.32. The summed E-state index contributed by atoms with van der Waals surface area (Å²) >= 11 is 6.01. The van der Waals surface area contributed by atoms with E-state index >= 15 is 0 Å². The predicted octanol–water partition coefficient (Wildman–Crippen LogP) is 1.82. The minimum Gasteiger partial charge on any atom is -0.489 e. The molecule has 1 unspecified atom stereocenters. The van der Waals surface area contributed by atoms with E-state index < -0.39 is 6.10 Å². The Morgan fingerprint density at radius 3 is 2.80 bits per heavy atom. The molecule has 2 N–H and O–H groups in total. The van der Waals surface area contributed by atoms with E-state index in [9.17, 15) is 0 Å². The van der Waals surface area contributed by atoms with Crippen molar-refractivity contribution in [2.75, 3.05) is 13.7 Å². The Balaban J connectivity index is 2.66. The molecule has 4 heteroatoms. The first kappa shape index (κ1) is 12.3. The van der Waals surface area contributed by atoms with Gasteiger partial charge >= 0.3 is 0 Å². The molecule has 1 aromatic carbocycles. The molecule has 0 radical (unpaired) electrons. The lowest BCUT2D eigenvalue weighted by molar-refractivity contribution is 0.123. The van der Waals surface area contributed by atoms with Gasteiger partial charge in [-0.2, -0.15) is 0 Å². The summed E-state index contributed by atoms with van der Waals surface area (Å²) in [6.07, 6.45) is -0.488. The van der Waals surface area contributed by atoms with Crippen molar-refractivity contribution >= 4 is 11.6 Å². The Morgan fingerprint density at radius 2 is 2.27 bits per heavy atom. The summed E-state index contributed by atoms with van der Waals surface area (Å²) in [6.45, 7) is 2.70. The summed E-state index contributed by atoms with van der Waals surface area (Å²) in [4.78, 5) is 0. The van der Waals surface area contributed by atoms with Crippen LogP contribution in [0.15, 0.2) is 18.2 Å². The Bertz CT molecular complexity index is 315. The summed E-state index contributed by atoms with van der Waals surface area (Å²) in [5, 5.41) is 12.7. The zero-order valence-electron chi connectivity index (χ0n) is 8.96. The second-order valence-electron chi connectivity index (χ2n) is 3.46. The lowest BCUT2D eigenvalue weighted by atomic mass is 10.2. The minimum absolute atomic E-state index is 0.255. The zero-order chi connectivity index (χ0) is 11.3. The molecular formula is C11H16ClNO2. The van der Waals surface area contributed by atoms with Gasteiger partial charge in [0.2, 0.25) is 0 Å². The number of nitrogens with one attached hydrogen (secondary N) is 1. The first-order valence-corrected chi connectivity index (χ1v) is 5.25. The number of hydrogen-bond acceptors (Lipinski definition) is 3. The maximum absolute atomic E-state index is 9.07. The number of aliphatic hydroxyl groups is 1. The minimum atomic E-state index is -0.488. The van der Waals surface area contributed by atoms with Crippen LogP contribution in [0.1, 0.15) is 12.5 Å². The summed E-state index contributed by atoms with van der Waals surface area (Å²) < 4.78 is 5.33. The van der Waals surface area contributed by atoms with Crippen LogP contribution in [0.25, 0.3) is 0 Å². The summed E-state index contributed by atoms with van der Waals surface area (Å²) in [6, 6.07) is 5.62. The molecule has 1 rings (SSSR count). The third kappa shape index (κ3) is 4.08. The summed E-state index contributed by atoms with van der Waals surface area (Å²) in [5.41, 5.74) is 1.10. The number of benzene rings is 1. The molecule has 0 bridgehead atoms. The SMILES string of the molecule is CNCc1ccc(OCC(C)O)c(Cl)c1. The van der Waals surface area contributed by atoms with Crippen molar-refractivity contribution in [3.05, 3.63) is 28.8 Å².